The van der Waals surface area contributed by atoms with Crippen molar-refractivity contribution in [3.05, 3.63) is 54.1 Å². The van der Waals surface area contributed by atoms with Crippen molar-refractivity contribution in [1.82, 2.24) is 0 Å². The maximum atomic E-state index is 13.0. The minimum Gasteiger partial charge on any atom is -0.491 e. The topological polar surface area (TPSA) is 85.2 Å². The molecule has 1 fully saturated rings. The molecule has 0 aliphatic heterocycles. The minimum absolute atomic E-state index is 0.0277. The van der Waals surface area contributed by atoms with E-state index < -0.39 is 32.3 Å². The van der Waals surface area contributed by atoms with Gasteiger partial charge in [-0.15, -0.1) is 0 Å². The second-order valence-corrected chi connectivity index (χ2v) is 16.1. The first-order valence-electron chi connectivity index (χ1n) is 15.2. The van der Waals surface area contributed by atoms with Gasteiger partial charge in [0.15, 0.2) is 8.32 Å². The third-order valence-electron chi connectivity index (χ3n) is 8.06. The number of unbranched alkanes of at least 4 members (excludes halogenated alkanes) is 1. The standard InChI is InChI=1S/C32H49F3O6Si/c1-6-42(7-2,8-3)41-30-21-29(37)27(16-11-9-10-12-17-31(38)40-23(4)5)28(30)19-18-25(36)22-39-26-15-13-14-24(20-26)32(33,34)35/h9,11,13-15,18-20,23,25,27-30,36-37H,6-8,10,12,16-17,21-22H2,1-5H3/b11-9-,19-18+/t25-,27-,28-,29+,30?/m1/s1. The molecule has 1 saturated carbocycles. The Hall–Kier alpha value is -2.14. The van der Waals surface area contributed by atoms with Crippen LogP contribution in [0.25, 0.3) is 0 Å². The number of carbonyl (C=O) groups is 1. The van der Waals surface area contributed by atoms with Gasteiger partial charge in [0.1, 0.15) is 18.5 Å². The summed E-state index contributed by atoms with van der Waals surface area (Å²) < 4.78 is 56.5. The molecular formula is C32H49F3O6Si. The van der Waals surface area contributed by atoms with E-state index in [0.29, 0.717) is 25.7 Å². The number of hydrogen-bond donors (Lipinski definition) is 2. The van der Waals surface area contributed by atoms with Crippen LogP contribution in [0.15, 0.2) is 48.6 Å². The van der Waals surface area contributed by atoms with Crippen LogP contribution in [0, 0.1) is 11.8 Å². The van der Waals surface area contributed by atoms with E-state index in [-0.39, 0.29) is 42.4 Å². The second kappa shape index (κ2) is 17.2. The van der Waals surface area contributed by atoms with E-state index in [4.69, 9.17) is 13.9 Å². The maximum absolute atomic E-state index is 13.0. The molecule has 1 aliphatic carbocycles. The molecule has 0 bridgehead atoms. The van der Waals surface area contributed by atoms with E-state index in [1.807, 2.05) is 32.1 Å². The van der Waals surface area contributed by atoms with Gasteiger partial charge in [-0.2, -0.15) is 13.2 Å². The lowest BCUT2D eigenvalue weighted by atomic mass is 9.89. The lowest BCUT2D eigenvalue weighted by Crippen LogP contribution is -2.41. The van der Waals surface area contributed by atoms with Gasteiger partial charge in [0.05, 0.1) is 23.9 Å². The molecule has 1 aromatic carbocycles. The molecule has 0 heterocycles. The molecule has 238 valence electrons. The summed E-state index contributed by atoms with van der Waals surface area (Å²) in [6.45, 7) is 9.90. The highest BCUT2D eigenvalue weighted by molar-refractivity contribution is 6.73. The van der Waals surface area contributed by atoms with Crippen molar-refractivity contribution in [2.45, 2.75) is 115 Å². The monoisotopic (exact) mass is 614 g/mol. The molecule has 2 rings (SSSR count). The molecule has 1 aromatic rings. The summed E-state index contributed by atoms with van der Waals surface area (Å²) in [6.07, 6.45) is 3.97. The highest BCUT2D eigenvalue weighted by atomic mass is 28.4. The molecule has 0 radical (unpaired) electrons. The third-order valence-corrected chi connectivity index (χ3v) is 12.7. The van der Waals surface area contributed by atoms with Crippen molar-refractivity contribution < 1.29 is 42.1 Å². The lowest BCUT2D eigenvalue weighted by Gasteiger charge is -2.34. The first-order valence-corrected chi connectivity index (χ1v) is 17.7. The largest absolute Gasteiger partial charge is 0.491 e. The number of benzene rings is 1. The van der Waals surface area contributed by atoms with Crippen molar-refractivity contribution in [1.29, 1.82) is 0 Å². The molecule has 0 aromatic heterocycles. The van der Waals surface area contributed by atoms with E-state index in [9.17, 15) is 28.2 Å². The number of alkyl halides is 3. The first kappa shape index (κ1) is 36.1. The molecule has 5 atom stereocenters. The Balaban J connectivity index is 2.08. The average molecular weight is 615 g/mol. The highest BCUT2D eigenvalue weighted by Crippen LogP contribution is 2.41. The molecule has 0 saturated heterocycles. The summed E-state index contributed by atoms with van der Waals surface area (Å²) in [7, 11) is -1.98. The molecule has 1 unspecified atom stereocenters. The predicted octanol–water partition coefficient (Wildman–Crippen LogP) is 7.46. The number of carbonyl (C=O) groups excluding carboxylic acids is 1. The third kappa shape index (κ3) is 11.5. The molecule has 42 heavy (non-hydrogen) atoms. The Morgan fingerprint density at radius 2 is 1.83 bits per heavy atom. The van der Waals surface area contributed by atoms with Crippen LogP contribution < -0.4 is 4.74 Å². The fourth-order valence-corrected chi connectivity index (χ4v) is 8.34. The number of esters is 1. The van der Waals surface area contributed by atoms with Crippen molar-refractivity contribution in [3.8, 4) is 5.75 Å². The molecule has 0 spiro atoms. The summed E-state index contributed by atoms with van der Waals surface area (Å²) in [4.78, 5) is 11.7. The zero-order valence-corrected chi connectivity index (χ0v) is 26.6. The molecule has 10 heteroatoms. The van der Waals surface area contributed by atoms with Crippen LogP contribution >= 0.6 is 0 Å². The predicted molar refractivity (Wildman–Crippen MR) is 161 cm³/mol. The number of rotatable bonds is 17. The van der Waals surface area contributed by atoms with Crippen LogP contribution in [0.2, 0.25) is 18.1 Å². The van der Waals surface area contributed by atoms with Crippen LogP contribution in [0.5, 0.6) is 5.75 Å². The van der Waals surface area contributed by atoms with Crippen LogP contribution in [0.3, 0.4) is 0 Å². The van der Waals surface area contributed by atoms with Crippen LogP contribution in [0.4, 0.5) is 13.2 Å². The van der Waals surface area contributed by atoms with E-state index in [1.54, 1.807) is 6.08 Å². The van der Waals surface area contributed by atoms with Crippen molar-refractivity contribution in [3.63, 3.8) is 0 Å². The first-order chi connectivity index (χ1) is 19.8. The molecule has 2 N–H and O–H groups in total. The SMILES string of the molecule is CC[Si](CC)(CC)OC1C[C@H](O)[C@H](C/C=C\CCCC(=O)OC(C)C)[C@H]1/C=C/[C@@H](O)COc1cccc(C(F)(F)F)c1. The Morgan fingerprint density at radius 3 is 2.45 bits per heavy atom. The number of halogens is 3. The van der Waals surface area contributed by atoms with Gasteiger partial charge >= 0.3 is 12.1 Å². The van der Waals surface area contributed by atoms with Gasteiger partial charge in [0.2, 0.25) is 0 Å². The van der Waals surface area contributed by atoms with Gasteiger partial charge in [-0.05, 0) is 81.8 Å². The van der Waals surface area contributed by atoms with Crippen LogP contribution in [-0.4, -0.2) is 55.5 Å². The number of aliphatic hydroxyl groups excluding tert-OH is 2. The van der Waals surface area contributed by atoms with E-state index in [1.165, 1.54) is 12.1 Å². The van der Waals surface area contributed by atoms with Gasteiger partial charge in [-0.25, -0.2) is 0 Å². The zero-order valence-electron chi connectivity index (χ0n) is 25.6. The highest BCUT2D eigenvalue weighted by Gasteiger charge is 2.44. The Bertz CT molecular complexity index is 1000. The summed E-state index contributed by atoms with van der Waals surface area (Å²) >= 11 is 0. The van der Waals surface area contributed by atoms with Crippen LogP contribution in [-0.2, 0) is 20.1 Å². The molecule has 1 aliphatic rings. The fourth-order valence-electron chi connectivity index (χ4n) is 5.44. The zero-order chi connectivity index (χ0) is 31.3. The maximum Gasteiger partial charge on any atom is 0.416 e. The lowest BCUT2D eigenvalue weighted by molar-refractivity contribution is -0.147. The van der Waals surface area contributed by atoms with E-state index in [0.717, 1.165) is 36.7 Å². The Labute approximate surface area is 250 Å². The van der Waals surface area contributed by atoms with Crippen LogP contribution in [0.1, 0.15) is 72.3 Å². The smallest absolute Gasteiger partial charge is 0.416 e. The Morgan fingerprint density at radius 1 is 1.14 bits per heavy atom. The minimum atomic E-state index is -4.48. The summed E-state index contributed by atoms with van der Waals surface area (Å²) in [5, 5.41) is 21.6. The van der Waals surface area contributed by atoms with Gasteiger partial charge in [-0.3, -0.25) is 4.79 Å². The summed E-state index contributed by atoms with van der Waals surface area (Å²) in [5.74, 6) is -0.451. The van der Waals surface area contributed by atoms with Gasteiger partial charge < -0.3 is 24.1 Å². The molecule has 0 amide bonds. The summed E-state index contributed by atoms with van der Waals surface area (Å²) in [5.41, 5.74) is -0.813. The van der Waals surface area contributed by atoms with Crippen molar-refractivity contribution >= 4 is 14.3 Å². The molecule has 6 nitrogen and oxygen atoms in total. The van der Waals surface area contributed by atoms with Crippen molar-refractivity contribution in [2.75, 3.05) is 6.61 Å². The Kier molecular flexibility index (Phi) is 14.8. The number of ether oxygens (including phenoxy) is 2. The summed E-state index contributed by atoms with van der Waals surface area (Å²) in [6, 6.07) is 7.48. The van der Waals surface area contributed by atoms with Gasteiger partial charge in [0.25, 0.3) is 0 Å². The second-order valence-electron chi connectivity index (χ2n) is 11.4. The fraction of sp³-hybridized carbons (Fsp3) is 0.656. The quantitative estimate of drug-likeness (QED) is 0.0820. The van der Waals surface area contributed by atoms with Gasteiger partial charge in [0, 0.05) is 12.3 Å². The average Bonchev–Trinajstić information content (AvgIpc) is 3.23. The number of hydrogen-bond acceptors (Lipinski definition) is 6. The normalized spacial score (nSPS) is 22.4. The number of aliphatic hydroxyl groups is 2. The van der Waals surface area contributed by atoms with Crippen molar-refractivity contribution in [2.24, 2.45) is 11.8 Å². The van der Waals surface area contributed by atoms with Gasteiger partial charge in [-0.1, -0.05) is 51.1 Å². The number of allylic oxidation sites excluding steroid dienone is 2. The molecular weight excluding hydrogens is 565 g/mol. The van der Waals surface area contributed by atoms with E-state index in [2.05, 4.69) is 20.8 Å². The van der Waals surface area contributed by atoms with E-state index >= 15 is 0 Å².